The Balaban J connectivity index is 1.71. The first kappa shape index (κ1) is 16.0. The van der Waals surface area contributed by atoms with Crippen LogP contribution in [0.3, 0.4) is 0 Å². The summed E-state index contributed by atoms with van der Waals surface area (Å²) in [5.74, 6) is 2.48. The smallest absolute Gasteiger partial charge is 0.287 e. The molecule has 0 saturated heterocycles. The van der Waals surface area contributed by atoms with Crippen molar-refractivity contribution >= 4 is 29.4 Å². The zero-order valence-electron chi connectivity index (χ0n) is 14.6. The Labute approximate surface area is 150 Å². The summed E-state index contributed by atoms with van der Waals surface area (Å²) in [6.45, 7) is 0. The topological polar surface area (TPSA) is 85.4 Å². The van der Waals surface area contributed by atoms with Crippen LogP contribution in [0.1, 0.15) is 0 Å². The SMILES string of the molecule is COc1cc(NC2=N[N+]3(c4cnn(C)c4)C=CN=CC3=N2)cc(OC)c1. The summed E-state index contributed by atoms with van der Waals surface area (Å²) in [6, 6.07) is 5.50. The van der Waals surface area contributed by atoms with Gasteiger partial charge in [-0.15, -0.1) is 0 Å². The molecule has 0 spiro atoms. The Bertz CT molecular complexity index is 951. The standard InChI is InChI=1S/C17H18N7O2/c1-23-11-13(9-19-23)24-5-4-18-10-16(24)21-17(22-24)20-12-6-14(25-2)8-15(7-12)26-3/h4-11H,1-3H3,(H,20,22)/q+1. The number of anilines is 1. The van der Waals surface area contributed by atoms with E-state index in [1.165, 1.54) is 0 Å². The number of nitrogens with zero attached hydrogens (tertiary/aromatic N) is 6. The van der Waals surface area contributed by atoms with Crippen LogP contribution < -0.4 is 19.4 Å². The van der Waals surface area contributed by atoms with E-state index in [2.05, 4.69) is 20.4 Å². The molecular formula is C17H18N7O2+. The van der Waals surface area contributed by atoms with Crippen molar-refractivity contribution in [1.29, 1.82) is 0 Å². The fourth-order valence-corrected chi connectivity index (χ4v) is 2.80. The van der Waals surface area contributed by atoms with Gasteiger partial charge in [0.15, 0.2) is 6.20 Å². The molecule has 0 fully saturated rings. The Hall–Kier alpha value is -3.46. The molecule has 132 valence electrons. The number of ether oxygens (including phenoxy) is 2. The molecule has 9 nitrogen and oxygen atoms in total. The Morgan fingerprint density at radius 3 is 2.54 bits per heavy atom. The van der Waals surface area contributed by atoms with Crippen molar-refractivity contribution in [1.82, 2.24) is 14.4 Å². The van der Waals surface area contributed by atoms with Crippen LogP contribution in [-0.2, 0) is 7.05 Å². The van der Waals surface area contributed by atoms with Gasteiger partial charge in [-0.2, -0.15) is 10.1 Å². The summed E-state index contributed by atoms with van der Waals surface area (Å²) in [6.07, 6.45) is 8.92. The molecule has 26 heavy (non-hydrogen) atoms. The summed E-state index contributed by atoms with van der Waals surface area (Å²) in [7, 11) is 5.08. The zero-order valence-corrected chi connectivity index (χ0v) is 14.6. The molecule has 1 aromatic heterocycles. The third kappa shape index (κ3) is 2.64. The largest absolute Gasteiger partial charge is 0.497 e. The molecule has 9 heteroatoms. The summed E-state index contributed by atoms with van der Waals surface area (Å²) in [5, 5.41) is 12.2. The molecule has 2 aromatic rings. The molecule has 2 aliphatic rings. The number of quaternary nitrogens is 1. The zero-order chi connectivity index (χ0) is 18.1. The van der Waals surface area contributed by atoms with E-state index in [4.69, 9.17) is 14.6 Å². The van der Waals surface area contributed by atoms with Crippen molar-refractivity contribution in [2.45, 2.75) is 0 Å². The van der Waals surface area contributed by atoms with Gasteiger partial charge in [0.25, 0.3) is 11.8 Å². The lowest BCUT2D eigenvalue weighted by Gasteiger charge is -2.21. The van der Waals surface area contributed by atoms with Crippen molar-refractivity contribution in [3.05, 3.63) is 43.0 Å². The van der Waals surface area contributed by atoms with Crippen LogP contribution in [0.4, 0.5) is 11.4 Å². The molecule has 0 saturated carbocycles. The van der Waals surface area contributed by atoms with E-state index in [-0.39, 0.29) is 4.59 Å². The maximum atomic E-state index is 5.31. The Morgan fingerprint density at radius 1 is 1.12 bits per heavy atom. The summed E-state index contributed by atoms with van der Waals surface area (Å²) in [4.78, 5) is 8.76. The summed E-state index contributed by atoms with van der Waals surface area (Å²) < 4.78 is 12.4. The first-order valence-electron chi connectivity index (χ1n) is 7.91. The second-order valence-electron chi connectivity index (χ2n) is 5.75. The van der Waals surface area contributed by atoms with Gasteiger partial charge in [0.2, 0.25) is 5.69 Å². The van der Waals surface area contributed by atoms with Crippen LogP contribution in [-0.4, -0.2) is 42.0 Å². The van der Waals surface area contributed by atoms with E-state index >= 15 is 0 Å². The molecule has 0 radical (unpaired) electrons. The van der Waals surface area contributed by atoms with Crippen LogP contribution in [0, 0.1) is 0 Å². The van der Waals surface area contributed by atoms with Crippen molar-refractivity contribution in [2.24, 2.45) is 22.1 Å². The van der Waals surface area contributed by atoms with Crippen molar-refractivity contribution in [2.75, 3.05) is 19.5 Å². The fraction of sp³-hybridized carbons (Fsp3) is 0.176. The number of hydrogen-bond acceptors (Lipinski definition) is 7. The molecular weight excluding hydrogens is 334 g/mol. The number of guanidine groups is 1. The lowest BCUT2D eigenvalue weighted by molar-refractivity contribution is 0.395. The van der Waals surface area contributed by atoms with Gasteiger partial charge in [0, 0.05) is 30.9 Å². The third-order valence-electron chi connectivity index (χ3n) is 4.07. The average molecular weight is 352 g/mol. The number of aromatic nitrogens is 2. The van der Waals surface area contributed by atoms with Crippen molar-refractivity contribution in [3.63, 3.8) is 0 Å². The molecule has 0 bridgehead atoms. The van der Waals surface area contributed by atoms with Gasteiger partial charge in [-0.1, -0.05) is 4.59 Å². The monoisotopic (exact) mass is 352 g/mol. The van der Waals surface area contributed by atoms with Crippen LogP contribution in [0.2, 0.25) is 0 Å². The number of amidine groups is 1. The van der Waals surface area contributed by atoms with Crippen LogP contribution in [0.25, 0.3) is 0 Å². The number of methoxy groups -OCH3 is 2. The number of hydrogen-bond donors (Lipinski definition) is 1. The minimum atomic E-state index is 0.0841. The second-order valence-corrected chi connectivity index (χ2v) is 5.75. The van der Waals surface area contributed by atoms with Gasteiger partial charge < -0.3 is 14.8 Å². The van der Waals surface area contributed by atoms with Crippen LogP contribution in [0.15, 0.2) is 58.1 Å². The molecule has 1 N–H and O–H groups in total. The van der Waals surface area contributed by atoms with Crippen LogP contribution >= 0.6 is 0 Å². The number of aliphatic imine (C=N–C) groups is 2. The number of aryl methyl sites for hydroxylation is 1. The highest BCUT2D eigenvalue weighted by atomic mass is 16.5. The van der Waals surface area contributed by atoms with E-state index in [1.807, 2.05) is 31.6 Å². The minimum absolute atomic E-state index is 0.0841. The lowest BCUT2D eigenvalue weighted by atomic mass is 10.3. The number of rotatable bonds is 4. The molecule has 4 rings (SSSR count). The van der Waals surface area contributed by atoms with Gasteiger partial charge in [-0.05, 0) is 5.10 Å². The number of fused-ring (bicyclic) bond motifs is 1. The lowest BCUT2D eigenvalue weighted by Crippen LogP contribution is -2.44. The number of benzene rings is 1. The molecule has 3 heterocycles. The van der Waals surface area contributed by atoms with Gasteiger partial charge in [0.1, 0.15) is 23.9 Å². The van der Waals surface area contributed by atoms with Gasteiger partial charge in [-0.25, -0.2) is 0 Å². The highest BCUT2D eigenvalue weighted by Crippen LogP contribution is 2.31. The third-order valence-corrected chi connectivity index (χ3v) is 4.07. The van der Waals surface area contributed by atoms with Crippen LogP contribution in [0.5, 0.6) is 11.5 Å². The maximum Gasteiger partial charge on any atom is 0.287 e. The molecule has 1 atom stereocenters. The first-order valence-corrected chi connectivity index (χ1v) is 7.91. The number of nitrogens with one attached hydrogen (secondary N) is 1. The maximum absolute atomic E-state index is 5.31. The Morgan fingerprint density at radius 2 is 1.88 bits per heavy atom. The molecule has 0 aliphatic carbocycles. The van der Waals surface area contributed by atoms with E-state index < -0.39 is 0 Å². The second kappa shape index (κ2) is 6.12. The van der Waals surface area contributed by atoms with E-state index in [0.717, 1.165) is 11.4 Å². The summed E-state index contributed by atoms with van der Waals surface area (Å²) in [5.41, 5.74) is 1.63. The summed E-state index contributed by atoms with van der Waals surface area (Å²) >= 11 is 0. The van der Waals surface area contributed by atoms with E-state index in [1.54, 1.807) is 43.6 Å². The normalized spacial score (nSPS) is 20.4. The van der Waals surface area contributed by atoms with Gasteiger partial charge >= 0.3 is 0 Å². The Kier molecular flexibility index (Phi) is 3.77. The average Bonchev–Trinajstić information content (AvgIpc) is 3.25. The molecule has 2 aliphatic heterocycles. The van der Waals surface area contributed by atoms with Crippen molar-refractivity contribution in [3.8, 4) is 11.5 Å². The highest BCUT2D eigenvalue weighted by Gasteiger charge is 2.43. The van der Waals surface area contributed by atoms with E-state index in [0.29, 0.717) is 23.3 Å². The highest BCUT2D eigenvalue weighted by molar-refractivity contribution is 6.38. The molecule has 0 amide bonds. The molecule has 1 unspecified atom stereocenters. The quantitative estimate of drug-likeness (QED) is 0.854. The minimum Gasteiger partial charge on any atom is -0.497 e. The van der Waals surface area contributed by atoms with Crippen molar-refractivity contribution < 1.29 is 9.47 Å². The molecule has 1 aromatic carbocycles. The van der Waals surface area contributed by atoms with Gasteiger partial charge in [-0.3, -0.25) is 9.67 Å². The van der Waals surface area contributed by atoms with E-state index in [9.17, 15) is 0 Å². The predicted molar refractivity (Wildman–Crippen MR) is 101 cm³/mol. The van der Waals surface area contributed by atoms with Gasteiger partial charge in [0.05, 0.1) is 26.6 Å². The predicted octanol–water partition coefficient (Wildman–Crippen LogP) is 2.10. The first-order chi connectivity index (χ1) is 12.6. The fourth-order valence-electron chi connectivity index (χ4n) is 2.80.